The van der Waals surface area contributed by atoms with Gasteiger partial charge in [0, 0.05) is 51.6 Å². The summed E-state index contributed by atoms with van der Waals surface area (Å²) in [6.07, 6.45) is -1.38. The smallest absolute Gasteiger partial charge is 0.219 e. The van der Waals surface area contributed by atoms with Gasteiger partial charge in [0.1, 0.15) is 35.6 Å². The zero-order valence-corrected chi connectivity index (χ0v) is 23.0. The van der Waals surface area contributed by atoms with Gasteiger partial charge in [-0.15, -0.1) is 5.10 Å². The zero-order chi connectivity index (χ0) is 30.2. The first-order chi connectivity index (χ1) is 20.0. The molecule has 2 aliphatic heterocycles. The van der Waals surface area contributed by atoms with Crippen LogP contribution in [0.2, 0.25) is 0 Å². The maximum absolute atomic E-state index is 13.8. The SMILES string of the molecule is CO[C@@H]1[C@@H](n2cc(-c3cc(F)c(F)c(F)c3)nn2)[C@@H](O)[C@@H](CO)O[C@@H]1Cc1cc(C2(O)CCCN(C(C)=O)CC2)on1. The molecule has 2 saturated heterocycles. The van der Waals surface area contributed by atoms with Crippen LogP contribution in [0.15, 0.2) is 28.9 Å². The van der Waals surface area contributed by atoms with Crippen LogP contribution >= 0.6 is 0 Å². The Morgan fingerprint density at radius 3 is 2.57 bits per heavy atom. The van der Waals surface area contributed by atoms with Crippen LogP contribution in [0.4, 0.5) is 13.2 Å². The minimum Gasteiger partial charge on any atom is -0.394 e. The first kappa shape index (κ1) is 30.1. The molecule has 2 fully saturated rings. The summed E-state index contributed by atoms with van der Waals surface area (Å²) < 4.78 is 59.5. The van der Waals surface area contributed by atoms with Crippen LogP contribution in [0, 0.1) is 17.5 Å². The molecule has 1 amide bonds. The molecular weight excluding hydrogens is 563 g/mol. The molecular formula is C27H32F3N5O7. The fraction of sp³-hybridized carbons (Fsp3) is 0.556. The number of ether oxygens (including phenoxy) is 2. The Bertz CT molecular complexity index is 1400. The number of aromatic nitrogens is 4. The third kappa shape index (κ3) is 5.79. The third-order valence-electron chi connectivity index (χ3n) is 8.02. The molecule has 3 aromatic rings. The summed E-state index contributed by atoms with van der Waals surface area (Å²) in [4.78, 5) is 13.5. The molecule has 0 saturated carbocycles. The Kier molecular flexibility index (Phi) is 8.66. The standard InChI is InChI=1S/C27H32F3N5O7/c1-14(37)34-6-3-4-27(39,5-7-34)22-11-16(32-42-22)10-20-26(40-2)24(25(38)21(13-36)41-20)35-12-19(31-33-35)15-8-17(28)23(30)18(29)9-15/h8-9,11-12,20-21,24-26,36,38-39H,3-7,10,13H2,1-2H3/t20-,21-,24+,25+,26+,27?/m1/s1. The summed E-state index contributed by atoms with van der Waals surface area (Å²) in [6, 6.07) is 2.21. The predicted octanol–water partition coefficient (Wildman–Crippen LogP) is 1.49. The van der Waals surface area contributed by atoms with E-state index >= 15 is 0 Å². The van der Waals surface area contributed by atoms with E-state index in [9.17, 15) is 33.3 Å². The second-order valence-electron chi connectivity index (χ2n) is 10.7. The van der Waals surface area contributed by atoms with Crippen molar-refractivity contribution in [3.05, 3.63) is 53.3 Å². The van der Waals surface area contributed by atoms with Crippen molar-refractivity contribution in [2.75, 3.05) is 26.8 Å². The van der Waals surface area contributed by atoms with E-state index in [-0.39, 0.29) is 35.8 Å². The van der Waals surface area contributed by atoms with Gasteiger partial charge >= 0.3 is 0 Å². The molecule has 6 atom stereocenters. The number of nitrogens with zero attached hydrogens (tertiary/aromatic N) is 5. The van der Waals surface area contributed by atoms with Gasteiger partial charge < -0.3 is 34.2 Å². The van der Waals surface area contributed by atoms with Crippen LogP contribution in [0.1, 0.15) is 43.7 Å². The minimum absolute atomic E-state index is 0.0135. The molecule has 0 aliphatic carbocycles. The molecule has 42 heavy (non-hydrogen) atoms. The lowest BCUT2D eigenvalue weighted by molar-refractivity contribution is -0.212. The van der Waals surface area contributed by atoms with Crippen molar-refractivity contribution in [1.82, 2.24) is 25.1 Å². The molecule has 0 bridgehead atoms. The van der Waals surface area contributed by atoms with Gasteiger partial charge in [0.2, 0.25) is 5.91 Å². The number of aliphatic hydroxyl groups is 3. The quantitative estimate of drug-likeness (QED) is 0.342. The third-order valence-corrected chi connectivity index (χ3v) is 8.02. The maximum Gasteiger partial charge on any atom is 0.219 e. The Hall–Kier alpha value is -3.37. The maximum atomic E-state index is 13.8. The van der Waals surface area contributed by atoms with Crippen molar-refractivity contribution in [1.29, 1.82) is 0 Å². The number of aliphatic hydroxyl groups excluding tert-OH is 2. The number of hydrogen-bond donors (Lipinski definition) is 3. The summed E-state index contributed by atoms with van der Waals surface area (Å²) in [5.74, 6) is -4.21. The van der Waals surface area contributed by atoms with Crippen molar-refractivity contribution < 1.29 is 47.3 Å². The monoisotopic (exact) mass is 595 g/mol. The van der Waals surface area contributed by atoms with E-state index in [1.807, 2.05) is 0 Å². The molecule has 0 spiro atoms. The summed E-state index contributed by atoms with van der Waals surface area (Å²) in [7, 11) is 1.39. The Labute approximate surface area is 238 Å². The largest absolute Gasteiger partial charge is 0.394 e. The first-order valence-electron chi connectivity index (χ1n) is 13.5. The number of amides is 1. The fourth-order valence-electron chi connectivity index (χ4n) is 5.70. The fourth-order valence-corrected chi connectivity index (χ4v) is 5.70. The minimum atomic E-state index is -1.61. The van der Waals surface area contributed by atoms with Gasteiger partial charge in [-0.2, -0.15) is 0 Å². The topological polar surface area (TPSA) is 156 Å². The van der Waals surface area contributed by atoms with Crippen LogP contribution in [0.5, 0.6) is 0 Å². The summed E-state index contributed by atoms with van der Waals surface area (Å²) in [6.45, 7) is 1.84. The highest BCUT2D eigenvalue weighted by Crippen LogP contribution is 2.36. The van der Waals surface area contributed by atoms with E-state index in [4.69, 9.17) is 14.0 Å². The summed E-state index contributed by atoms with van der Waals surface area (Å²) in [5.41, 5.74) is -0.950. The molecule has 1 aromatic carbocycles. The molecule has 15 heteroatoms. The number of halogens is 3. The van der Waals surface area contributed by atoms with Gasteiger partial charge in [0.25, 0.3) is 0 Å². The molecule has 3 N–H and O–H groups in total. The van der Waals surface area contributed by atoms with Crippen LogP contribution < -0.4 is 0 Å². The number of benzene rings is 1. The van der Waals surface area contributed by atoms with Crippen LogP contribution in [0.3, 0.4) is 0 Å². The molecule has 0 radical (unpaired) electrons. The molecule has 228 valence electrons. The zero-order valence-electron chi connectivity index (χ0n) is 23.0. The highest BCUT2D eigenvalue weighted by atomic mass is 19.2. The van der Waals surface area contributed by atoms with E-state index in [2.05, 4.69) is 15.5 Å². The van der Waals surface area contributed by atoms with Gasteiger partial charge in [0.15, 0.2) is 23.2 Å². The van der Waals surface area contributed by atoms with Crippen molar-refractivity contribution in [2.45, 2.75) is 68.7 Å². The molecule has 2 aliphatic rings. The van der Waals surface area contributed by atoms with Crippen LogP contribution in [0.25, 0.3) is 11.3 Å². The van der Waals surface area contributed by atoms with Gasteiger partial charge in [-0.25, -0.2) is 17.9 Å². The number of rotatable bonds is 7. The Morgan fingerprint density at radius 2 is 1.90 bits per heavy atom. The number of hydrogen-bond acceptors (Lipinski definition) is 10. The average molecular weight is 596 g/mol. The molecule has 2 aromatic heterocycles. The lowest BCUT2D eigenvalue weighted by Crippen LogP contribution is -2.57. The summed E-state index contributed by atoms with van der Waals surface area (Å²) >= 11 is 0. The number of carbonyl (C=O) groups is 1. The van der Waals surface area contributed by atoms with Gasteiger partial charge in [0.05, 0.1) is 24.6 Å². The molecule has 1 unspecified atom stereocenters. The highest BCUT2D eigenvalue weighted by molar-refractivity contribution is 5.73. The van der Waals surface area contributed by atoms with Crippen LogP contribution in [-0.4, -0.2) is 97.5 Å². The van der Waals surface area contributed by atoms with Crippen molar-refractivity contribution in [2.24, 2.45) is 0 Å². The van der Waals surface area contributed by atoms with Gasteiger partial charge in [-0.1, -0.05) is 10.4 Å². The molecule has 4 heterocycles. The van der Waals surface area contributed by atoms with E-state index < -0.39 is 60.1 Å². The molecule has 12 nitrogen and oxygen atoms in total. The van der Waals surface area contributed by atoms with Gasteiger partial charge in [-0.05, 0) is 25.0 Å². The first-order valence-corrected chi connectivity index (χ1v) is 13.5. The van der Waals surface area contributed by atoms with E-state index in [0.717, 1.165) is 12.1 Å². The lowest BCUT2D eigenvalue weighted by Gasteiger charge is -2.43. The second-order valence-corrected chi connectivity index (χ2v) is 10.7. The summed E-state index contributed by atoms with van der Waals surface area (Å²) in [5, 5.41) is 44.4. The average Bonchev–Trinajstić information content (AvgIpc) is 3.59. The van der Waals surface area contributed by atoms with Crippen molar-refractivity contribution in [3.8, 4) is 11.3 Å². The Balaban J connectivity index is 1.38. The lowest BCUT2D eigenvalue weighted by atomic mass is 9.89. The second kappa shape index (κ2) is 12.1. The number of carbonyl (C=O) groups excluding carboxylic acids is 1. The van der Waals surface area contributed by atoms with E-state index in [0.29, 0.717) is 31.6 Å². The Morgan fingerprint density at radius 1 is 1.17 bits per heavy atom. The number of likely N-dealkylation sites (tertiary alicyclic amines) is 1. The normalized spacial score (nSPS) is 28.6. The van der Waals surface area contributed by atoms with Crippen LogP contribution in [-0.2, 0) is 26.3 Å². The number of methoxy groups -OCH3 is 1. The predicted molar refractivity (Wildman–Crippen MR) is 137 cm³/mol. The molecule has 5 rings (SSSR count). The van der Waals surface area contributed by atoms with E-state index in [1.165, 1.54) is 24.9 Å². The van der Waals surface area contributed by atoms with E-state index in [1.54, 1.807) is 11.0 Å². The van der Waals surface area contributed by atoms with Crippen molar-refractivity contribution >= 4 is 5.91 Å². The van der Waals surface area contributed by atoms with Crippen molar-refractivity contribution in [3.63, 3.8) is 0 Å². The highest BCUT2D eigenvalue weighted by Gasteiger charge is 2.47. The van der Waals surface area contributed by atoms with Gasteiger partial charge in [-0.3, -0.25) is 4.79 Å².